The Balaban J connectivity index is 2.68. The van der Waals surface area contributed by atoms with E-state index in [0.717, 1.165) is 12.1 Å². The number of hydrogen-bond acceptors (Lipinski definition) is 4. The summed E-state index contributed by atoms with van der Waals surface area (Å²) in [6, 6.07) is 2.02. The molecular weight excluding hydrogens is 297 g/mol. The zero-order valence-electron chi connectivity index (χ0n) is 10.7. The van der Waals surface area contributed by atoms with Crippen LogP contribution in [0.15, 0.2) is 17.0 Å². The maximum Gasteiger partial charge on any atom is 0.261 e. The zero-order chi connectivity index (χ0) is 15.3. The monoisotopic (exact) mass is 312 g/mol. The van der Waals surface area contributed by atoms with Crippen LogP contribution in [0.1, 0.15) is 5.56 Å². The van der Waals surface area contributed by atoms with Gasteiger partial charge in [0.15, 0.2) is 0 Å². The second-order valence-corrected chi connectivity index (χ2v) is 5.74. The van der Waals surface area contributed by atoms with Gasteiger partial charge in [-0.2, -0.15) is 0 Å². The molecule has 1 aromatic rings. The smallest absolute Gasteiger partial charge is 0.261 e. The van der Waals surface area contributed by atoms with Crippen LogP contribution in [0.4, 0.5) is 18.9 Å². The highest BCUT2D eigenvalue weighted by Gasteiger charge is 2.18. The number of hydrogen-bond donors (Lipinski definition) is 2. The van der Waals surface area contributed by atoms with E-state index in [1.54, 1.807) is 0 Å². The number of benzene rings is 1. The van der Waals surface area contributed by atoms with Crippen LogP contribution in [0.2, 0.25) is 0 Å². The molecule has 0 fully saturated rings. The summed E-state index contributed by atoms with van der Waals surface area (Å²) in [7, 11) is -3.90. The standard InChI is InChI=1S/C11H15F3N2O3S/c1-7-4-8(12)9(15)5-10(7)20(17,18)16-2-3-19-6-11(13)14/h4-5,11,16H,2-3,6,15H2,1H3. The van der Waals surface area contributed by atoms with Crippen molar-refractivity contribution in [2.75, 3.05) is 25.5 Å². The second-order valence-electron chi connectivity index (χ2n) is 4.00. The lowest BCUT2D eigenvalue weighted by Gasteiger charge is -2.10. The highest BCUT2D eigenvalue weighted by molar-refractivity contribution is 7.89. The quantitative estimate of drug-likeness (QED) is 0.587. The van der Waals surface area contributed by atoms with Crippen LogP contribution in [0.25, 0.3) is 0 Å². The van der Waals surface area contributed by atoms with Crippen molar-refractivity contribution in [2.24, 2.45) is 0 Å². The van der Waals surface area contributed by atoms with Crippen molar-refractivity contribution in [2.45, 2.75) is 18.2 Å². The minimum atomic E-state index is -3.90. The van der Waals surface area contributed by atoms with Crippen molar-refractivity contribution in [3.63, 3.8) is 0 Å². The number of sulfonamides is 1. The van der Waals surface area contributed by atoms with Gasteiger partial charge in [0, 0.05) is 6.54 Å². The lowest BCUT2D eigenvalue weighted by Crippen LogP contribution is -2.28. The number of aryl methyl sites for hydroxylation is 1. The molecule has 9 heteroatoms. The molecule has 0 aliphatic rings. The van der Waals surface area contributed by atoms with E-state index in [9.17, 15) is 21.6 Å². The summed E-state index contributed by atoms with van der Waals surface area (Å²) in [5.41, 5.74) is 5.23. The first-order chi connectivity index (χ1) is 9.24. The van der Waals surface area contributed by atoms with Gasteiger partial charge < -0.3 is 10.5 Å². The molecule has 3 N–H and O–H groups in total. The predicted octanol–water partition coefficient (Wildman–Crippen LogP) is 1.28. The summed E-state index contributed by atoms with van der Waals surface area (Å²) in [5.74, 6) is -0.707. The number of nitrogens with one attached hydrogen (secondary N) is 1. The predicted molar refractivity (Wildman–Crippen MR) is 67.6 cm³/mol. The van der Waals surface area contributed by atoms with E-state index < -0.39 is 28.9 Å². The zero-order valence-corrected chi connectivity index (χ0v) is 11.5. The largest absolute Gasteiger partial charge is 0.396 e. The summed E-state index contributed by atoms with van der Waals surface area (Å²) < 4.78 is 67.3. The molecule has 0 atom stereocenters. The number of ether oxygens (including phenoxy) is 1. The summed E-state index contributed by atoms with van der Waals surface area (Å²) in [5, 5.41) is 0. The Morgan fingerprint density at radius 3 is 2.65 bits per heavy atom. The SMILES string of the molecule is Cc1cc(F)c(N)cc1S(=O)(=O)NCCOCC(F)F. The fraction of sp³-hybridized carbons (Fsp3) is 0.455. The van der Waals surface area contributed by atoms with E-state index in [2.05, 4.69) is 9.46 Å². The summed E-state index contributed by atoms with van der Waals surface area (Å²) in [6.45, 7) is 0.291. The molecule has 5 nitrogen and oxygen atoms in total. The number of rotatable bonds is 7. The molecule has 1 aromatic carbocycles. The van der Waals surface area contributed by atoms with Gasteiger partial charge in [0.1, 0.15) is 12.4 Å². The molecule has 0 unspecified atom stereocenters. The van der Waals surface area contributed by atoms with Crippen LogP contribution in [-0.4, -0.2) is 34.6 Å². The van der Waals surface area contributed by atoms with Crippen molar-refractivity contribution >= 4 is 15.7 Å². The Morgan fingerprint density at radius 2 is 2.05 bits per heavy atom. The van der Waals surface area contributed by atoms with Crippen LogP contribution in [0.5, 0.6) is 0 Å². The van der Waals surface area contributed by atoms with Crippen molar-refractivity contribution in [3.05, 3.63) is 23.5 Å². The number of halogens is 3. The molecule has 0 aromatic heterocycles. The van der Waals surface area contributed by atoms with Crippen molar-refractivity contribution in [1.29, 1.82) is 0 Å². The van der Waals surface area contributed by atoms with Crippen LogP contribution in [0.3, 0.4) is 0 Å². The molecule has 0 radical (unpaired) electrons. The molecular formula is C11H15F3N2O3S. The van der Waals surface area contributed by atoms with Gasteiger partial charge in [0.05, 0.1) is 17.2 Å². The molecule has 0 saturated carbocycles. The normalized spacial score (nSPS) is 12.1. The molecule has 0 spiro atoms. The summed E-state index contributed by atoms with van der Waals surface area (Å²) in [4.78, 5) is -0.162. The third-order valence-electron chi connectivity index (χ3n) is 2.37. The summed E-state index contributed by atoms with van der Waals surface area (Å²) >= 11 is 0. The van der Waals surface area contributed by atoms with Gasteiger partial charge in [-0.05, 0) is 24.6 Å². The van der Waals surface area contributed by atoms with E-state index >= 15 is 0 Å². The average molecular weight is 312 g/mol. The number of anilines is 1. The van der Waals surface area contributed by atoms with Crippen LogP contribution >= 0.6 is 0 Å². The molecule has 114 valence electrons. The molecule has 0 heterocycles. The molecule has 0 amide bonds. The minimum absolute atomic E-state index is 0.162. The lowest BCUT2D eigenvalue weighted by molar-refractivity contribution is 0.0199. The van der Waals surface area contributed by atoms with E-state index in [4.69, 9.17) is 5.73 Å². The third kappa shape index (κ3) is 4.66. The van der Waals surface area contributed by atoms with Crippen LogP contribution in [0, 0.1) is 12.7 Å². The Bertz CT molecular complexity index is 564. The van der Waals surface area contributed by atoms with Gasteiger partial charge in [-0.15, -0.1) is 0 Å². The average Bonchev–Trinajstić information content (AvgIpc) is 2.32. The van der Waals surface area contributed by atoms with Crippen molar-refractivity contribution in [1.82, 2.24) is 4.72 Å². The van der Waals surface area contributed by atoms with Gasteiger partial charge in [-0.25, -0.2) is 26.3 Å². The van der Waals surface area contributed by atoms with Crippen molar-refractivity contribution in [3.8, 4) is 0 Å². The first-order valence-electron chi connectivity index (χ1n) is 5.65. The fourth-order valence-electron chi connectivity index (χ4n) is 1.46. The van der Waals surface area contributed by atoms with E-state index in [0.29, 0.717) is 0 Å². The van der Waals surface area contributed by atoms with Gasteiger partial charge in [0.2, 0.25) is 10.0 Å². The Hall–Kier alpha value is -1.32. The van der Waals surface area contributed by atoms with E-state index in [-0.39, 0.29) is 29.3 Å². The van der Waals surface area contributed by atoms with E-state index in [1.807, 2.05) is 0 Å². The molecule has 0 saturated heterocycles. The van der Waals surface area contributed by atoms with E-state index in [1.165, 1.54) is 6.92 Å². The maximum absolute atomic E-state index is 13.1. The first kappa shape index (κ1) is 16.7. The highest BCUT2D eigenvalue weighted by atomic mass is 32.2. The van der Waals surface area contributed by atoms with Gasteiger partial charge >= 0.3 is 0 Å². The maximum atomic E-state index is 13.1. The molecule has 0 aliphatic heterocycles. The Morgan fingerprint density at radius 1 is 1.40 bits per heavy atom. The van der Waals surface area contributed by atoms with Crippen LogP contribution in [-0.2, 0) is 14.8 Å². The lowest BCUT2D eigenvalue weighted by atomic mass is 10.2. The minimum Gasteiger partial charge on any atom is -0.396 e. The van der Waals surface area contributed by atoms with Gasteiger partial charge in [-0.1, -0.05) is 0 Å². The number of alkyl halides is 2. The van der Waals surface area contributed by atoms with Crippen molar-refractivity contribution < 1.29 is 26.3 Å². The topological polar surface area (TPSA) is 81.4 Å². The fourth-order valence-corrected chi connectivity index (χ4v) is 2.73. The van der Waals surface area contributed by atoms with Crippen LogP contribution < -0.4 is 10.5 Å². The summed E-state index contributed by atoms with van der Waals surface area (Å²) in [6.07, 6.45) is -2.61. The number of nitrogens with two attached hydrogens (primary N) is 1. The molecule has 1 rings (SSSR count). The highest BCUT2D eigenvalue weighted by Crippen LogP contribution is 2.21. The Kier molecular flexibility index (Phi) is 5.78. The van der Waals surface area contributed by atoms with Gasteiger partial charge in [0.25, 0.3) is 6.43 Å². The number of nitrogen functional groups attached to an aromatic ring is 1. The molecule has 0 aliphatic carbocycles. The Labute approximate surface area is 115 Å². The first-order valence-corrected chi connectivity index (χ1v) is 7.13. The third-order valence-corrected chi connectivity index (χ3v) is 3.97. The second kappa shape index (κ2) is 6.91. The molecule has 0 bridgehead atoms. The molecule has 20 heavy (non-hydrogen) atoms. The van der Waals surface area contributed by atoms with Gasteiger partial charge in [-0.3, -0.25) is 0 Å².